The molecule has 0 spiro atoms. The average molecular weight is 594 g/mol. The minimum Gasteiger partial charge on any atom is -0.352 e. The highest BCUT2D eigenvalue weighted by Crippen LogP contribution is 2.24. The van der Waals surface area contributed by atoms with Gasteiger partial charge in [-0.1, -0.05) is 79.6 Å². The lowest BCUT2D eigenvalue weighted by atomic mass is 10.0. The summed E-state index contributed by atoms with van der Waals surface area (Å²) in [5, 5.41) is 3.14. The van der Waals surface area contributed by atoms with Crippen molar-refractivity contribution in [2.24, 2.45) is 0 Å². The predicted molar refractivity (Wildman–Crippen MR) is 164 cm³/mol. The van der Waals surface area contributed by atoms with Crippen LogP contribution >= 0.6 is 0 Å². The zero-order valence-corrected chi connectivity index (χ0v) is 25.2. The molecule has 4 rings (SSSR count). The molecule has 1 aliphatic carbocycles. The molecule has 3 aromatic rings. The first kappa shape index (κ1) is 31.2. The number of sulfonamides is 1. The standard InChI is InChI=1S/C33H40FN3O4S/c1-25-13-6-11-20-30(25)37(42(2,40)41)22-12-21-32(38)36(24-27-16-7-10-19-29(27)34)31(23-26-14-4-3-5-15-26)33(39)35-28-17-8-9-18-28/h3-7,10-11,13-16,19-20,28,31H,8-9,12,17-18,21-24H2,1-2H3,(H,35,39)/t31-/m0/s1. The van der Waals surface area contributed by atoms with Gasteiger partial charge in [-0.2, -0.15) is 0 Å². The van der Waals surface area contributed by atoms with Gasteiger partial charge in [-0.25, -0.2) is 12.8 Å². The van der Waals surface area contributed by atoms with Crippen LogP contribution in [0.15, 0.2) is 78.9 Å². The van der Waals surface area contributed by atoms with E-state index in [2.05, 4.69) is 5.32 Å². The third-order valence-corrected chi connectivity index (χ3v) is 8.99. The van der Waals surface area contributed by atoms with Crippen LogP contribution in [0.2, 0.25) is 0 Å². The molecule has 3 aromatic carbocycles. The number of hydrogen-bond donors (Lipinski definition) is 1. The number of rotatable bonds is 13. The van der Waals surface area contributed by atoms with Gasteiger partial charge in [0.1, 0.15) is 11.9 Å². The number of nitrogens with one attached hydrogen (secondary N) is 1. The Hall–Kier alpha value is -3.72. The fourth-order valence-electron chi connectivity index (χ4n) is 5.56. The number of carbonyl (C=O) groups excluding carboxylic acids is 2. The van der Waals surface area contributed by atoms with Crippen molar-refractivity contribution in [3.63, 3.8) is 0 Å². The number of nitrogens with zero attached hydrogens (tertiary/aromatic N) is 2. The van der Waals surface area contributed by atoms with Crippen LogP contribution in [0, 0.1) is 12.7 Å². The van der Waals surface area contributed by atoms with E-state index in [9.17, 15) is 22.4 Å². The van der Waals surface area contributed by atoms with Gasteiger partial charge in [0, 0.05) is 37.5 Å². The van der Waals surface area contributed by atoms with Crippen molar-refractivity contribution >= 4 is 27.5 Å². The molecule has 1 N–H and O–H groups in total. The van der Waals surface area contributed by atoms with E-state index >= 15 is 0 Å². The number of aryl methyl sites for hydroxylation is 1. The summed E-state index contributed by atoms with van der Waals surface area (Å²) in [6.45, 7) is 1.86. The molecule has 0 radical (unpaired) electrons. The number of hydrogen-bond acceptors (Lipinski definition) is 4. The number of amides is 2. The Labute approximate surface area is 248 Å². The van der Waals surface area contributed by atoms with E-state index in [1.54, 1.807) is 30.3 Å². The molecule has 1 aliphatic rings. The molecule has 1 fully saturated rings. The van der Waals surface area contributed by atoms with Crippen LogP contribution in [0.4, 0.5) is 10.1 Å². The Morgan fingerprint density at radius 3 is 2.26 bits per heavy atom. The van der Waals surface area contributed by atoms with E-state index in [1.165, 1.54) is 15.3 Å². The fourth-order valence-corrected chi connectivity index (χ4v) is 6.58. The molecule has 0 aromatic heterocycles. The minimum atomic E-state index is -3.60. The van der Waals surface area contributed by atoms with Gasteiger partial charge in [0.2, 0.25) is 21.8 Å². The number of carbonyl (C=O) groups is 2. The van der Waals surface area contributed by atoms with Gasteiger partial charge in [-0.05, 0) is 49.4 Å². The first-order valence-corrected chi connectivity index (χ1v) is 16.4. The van der Waals surface area contributed by atoms with Crippen LogP contribution in [0.25, 0.3) is 0 Å². The van der Waals surface area contributed by atoms with Gasteiger partial charge in [-0.15, -0.1) is 0 Å². The molecule has 9 heteroatoms. The molecular formula is C33H40FN3O4S. The molecule has 224 valence electrons. The summed E-state index contributed by atoms with van der Waals surface area (Å²) < 4.78 is 41.5. The second kappa shape index (κ2) is 14.4. The lowest BCUT2D eigenvalue weighted by Crippen LogP contribution is -2.52. The summed E-state index contributed by atoms with van der Waals surface area (Å²) >= 11 is 0. The topological polar surface area (TPSA) is 86.8 Å². The van der Waals surface area contributed by atoms with Crippen LogP contribution < -0.4 is 9.62 Å². The number of benzene rings is 3. The lowest BCUT2D eigenvalue weighted by molar-refractivity contribution is -0.141. The molecule has 2 amide bonds. The van der Waals surface area contributed by atoms with Crippen LogP contribution in [-0.4, -0.2) is 50.0 Å². The SMILES string of the molecule is Cc1ccccc1N(CCCC(=O)N(Cc1ccccc1F)[C@@H](Cc1ccccc1)C(=O)NC1CCCC1)S(C)(=O)=O. The molecule has 0 bridgehead atoms. The second-order valence-electron chi connectivity index (χ2n) is 11.0. The number of anilines is 1. The van der Waals surface area contributed by atoms with Crippen molar-refractivity contribution < 1.29 is 22.4 Å². The van der Waals surface area contributed by atoms with Crippen molar-refractivity contribution in [3.8, 4) is 0 Å². The van der Waals surface area contributed by atoms with Crippen molar-refractivity contribution in [1.29, 1.82) is 0 Å². The number of halogens is 1. The summed E-state index contributed by atoms with van der Waals surface area (Å²) in [6, 6.07) is 22.1. The van der Waals surface area contributed by atoms with E-state index in [0.29, 0.717) is 11.3 Å². The van der Waals surface area contributed by atoms with Gasteiger partial charge < -0.3 is 10.2 Å². The fraction of sp³-hybridized carbons (Fsp3) is 0.394. The summed E-state index contributed by atoms with van der Waals surface area (Å²) in [6.07, 6.45) is 5.53. The van der Waals surface area contributed by atoms with Crippen LogP contribution in [-0.2, 0) is 32.6 Å². The smallest absolute Gasteiger partial charge is 0.243 e. The van der Waals surface area contributed by atoms with Crippen LogP contribution in [0.3, 0.4) is 0 Å². The lowest BCUT2D eigenvalue weighted by Gasteiger charge is -2.33. The zero-order chi connectivity index (χ0) is 30.1. The third-order valence-electron chi connectivity index (χ3n) is 7.81. The van der Waals surface area contributed by atoms with Gasteiger partial charge in [0.05, 0.1) is 11.9 Å². The van der Waals surface area contributed by atoms with Crippen molar-refractivity contribution in [1.82, 2.24) is 10.2 Å². The van der Waals surface area contributed by atoms with Crippen LogP contribution in [0.5, 0.6) is 0 Å². The average Bonchev–Trinajstić information content (AvgIpc) is 3.47. The Morgan fingerprint density at radius 2 is 1.60 bits per heavy atom. The Morgan fingerprint density at radius 1 is 0.952 bits per heavy atom. The maximum atomic E-state index is 14.8. The van der Waals surface area contributed by atoms with E-state index in [4.69, 9.17) is 0 Å². The Balaban J connectivity index is 1.60. The molecule has 0 saturated heterocycles. The Bertz CT molecular complexity index is 1460. The summed E-state index contributed by atoms with van der Waals surface area (Å²) in [5.74, 6) is -1.04. The molecule has 0 heterocycles. The summed E-state index contributed by atoms with van der Waals surface area (Å²) in [5.41, 5.74) is 2.57. The molecule has 7 nitrogen and oxygen atoms in total. The quantitative estimate of drug-likeness (QED) is 0.288. The number of para-hydroxylation sites is 1. The van der Waals surface area contributed by atoms with Gasteiger partial charge in [0.25, 0.3) is 0 Å². The highest BCUT2D eigenvalue weighted by Gasteiger charge is 2.32. The summed E-state index contributed by atoms with van der Waals surface area (Å²) in [7, 11) is -3.60. The third kappa shape index (κ3) is 8.41. The zero-order valence-electron chi connectivity index (χ0n) is 24.3. The van der Waals surface area contributed by atoms with Gasteiger partial charge >= 0.3 is 0 Å². The first-order chi connectivity index (χ1) is 20.1. The van der Waals surface area contributed by atoms with E-state index < -0.39 is 21.9 Å². The van der Waals surface area contributed by atoms with E-state index in [-0.39, 0.29) is 50.2 Å². The molecular weight excluding hydrogens is 553 g/mol. The normalized spacial score (nSPS) is 14.4. The van der Waals surface area contributed by atoms with Crippen molar-refractivity contribution in [2.75, 3.05) is 17.1 Å². The molecule has 0 unspecified atom stereocenters. The monoisotopic (exact) mass is 593 g/mol. The Kier molecular flexibility index (Phi) is 10.7. The summed E-state index contributed by atoms with van der Waals surface area (Å²) in [4.78, 5) is 29.2. The highest BCUT2D eigenvalue weighted by molar-refractivity contribution is 7.92. The predicted octanol–water partition coefficient (Wildman–Crippen LogP) is 5.38. The molecule has 1 atom stereocenters. The molecule has 42 heavy (non-hydrogen) atoms. The molecule has 0 aliphatic heterocycles. The van der Waals surface area contributed by atoms with Crippen molar-refractivity contribution in [2.45, 2.75) is 70.5 Å². The van der Waals surface area contributed by atoms with E-state index in [0.717, 1.165) is 43.1 Å². The van der Waals surface area contributed by atoms with Gasteiger partial charge in [-0.3, -0.25) is 13.9 Å². The van der Waals surface area contributed by atoms with Crippen molar-refractivity contribution in [3.05, 3.63) is 101 Å². The second-order valence-corrected chi connectivity index (χ2v) is 12.9. The molecule has 1 saturated carbocycles. The largest absolute Gasteiger partial charge is 0.352 e. The minimum absolute atomic E-state index is 0.00560. The van der Waals surface area contributed by atoms with Gasteiger partial charge in [0.15, 0.2) is 0 Å². The highest BCUT2D eigenvalue weighted by atomic mass is 32.2. The van der Waals surface area contributed by atoms with E-state index in [1.807, 2.05) is 49.4 Å². The first-order valence-electron chi connectivity index (χ1n) is 14.5. The maximum absolute atomic E-state index is 14.8. The van der Waals surface area contributed by atoms with Crippen LogP contribution in [0.1, 0.15) is 55.2 Å². The maximum Gasteiger partial charge on any atom is 0.243 e.